The van der Waals surface area contributed by atoms with E-state index < -0.39 is 5.97 Å². The topological polar surface area (TPSA) is 88.4 Å². The molecule has 28 heavy (non-hydrogen) atoms. The molecule has 0 radical (unpaired) electrons. The number of hydrogen-bond acceptors (Lipinski definition) is 6. The second-order valence-corrected chi connectivity index (χ2v) is 6.82. The number of carboxylic acid groups (broad SMARTS) is 1. The van der Waals surface area contributed by atoms with E-state index in [0.717, 1.165) is 0 Å². The van der Waals surface area contributed by atoms with Crippen molar-refractivity contribution in [3.05, 3.63) is 58.5 Å². The van der Waals surface area contributed by atoms with Gasteiger partial charge in [0.15, 0.2) is 16.7 Å². The molecule has 0 saturated carbocycles. The Kier molecular flexibility index (Phi) is 5.70. The van der Waals surface area contributed by atoms with Crippen LogP contribution in [0.5, 0.6) is 11.5 Å². The summed E-state index contributed by atoms with van der Waals surface area (Å²) in [4.78, 5) is 30.1. The molecular formula is C20H18N2O5S. The molecule has 0 unspecified atom stereocenters. The van der Waals surface area contributed by atoms with E-state index in [0.29, 0.717) is 32.8 Å². The number of nitrogens with zero attached hydrogens (tertiary/aromatic N) is 2. The number of rotatable bonds is 5. The molecule has 8 heteroatoms. The maximum absolute atomic E-state index is 12.6. The van der Waals surface area contributed by atoms with Gasteiger partial charge in [-0.2, -0.15) is 0 Å². The van der Waals surface area contributed by atoms with Crippen LogP contribution in [0.15, 0.2) is 52.4 Å². The Morgan fingerprint density at radius 1 is 1.18 bits per heavy atom. The van der Waals surface area contributed by atoms with E-state index in [1.54, 1.807) is 38.4 Å². The second-order valence-electron chi connectivity index (χ2n) is 5.81. The van der Waals surface area contributed by atoms with Crippen molar-refractivity contribution >= 4 is 40.6 Å². The maximum Gasteiger partial charge on any atom is 0.335 e. The van der Waals surface area contributed by atoms with Crippen molar-refractivity contribution in [2.45, 2.75) is 0 Å². The lowest BCUT2D eigenvalue weighted by molar-refractivity contribution is -0.121. The Hall–Kier alpha value is -3.26. The summed E-state index contributed by atoms with van der Waals surface area (Å²) in [6.07, 6.45) is 1.72. The van der Waals surface area contributed by atoms with E-state index in [1.165, 1.54) is 35.9 Å². The molecule has 2 aromatic rings. The van der Waals surface area contributed by atoms with Crippen molar-refractivity contribution in [1.82, 2.24) is 4.90 Å². The number of para-hydroxylation sites is 1. The van der Waals surface area contributed by atoms with Gasteiger partial charge in [-0.05, 0) is 42.1 Å². The van der Waals surface area contributed by atoms with E-state index in [1.807, 2.05) is 12.1 Å². The van der Waals surface area contributed by atoms with Crippen molar-refractivity contribution in [1.29, 1.82) is 0 Å². The van der Waals surface area contributed by atoms with Crippen LogP contribution >= 0.6 is 11.8 Å². The first-order valence-electron chi connectivity index (χ1n) is 8.25. The number of benzene rings is 2. The van der Waals surface area contributed by atoms with Gasteiger partial charge in [0.2, 0.25) is 0 Å². The third kappa shape index (κ3) is 3.86. The molecule has 1 N–H and O–H groups in total. The van der Waals surface area contributed by atoms with Crippen LogP contribution in [0.25, 0.3) is 6.08 Å². The summed E-state index contributed by atoms with van der Waals surface area (Å²) >= 11 is 1.21. The van der Waals surface area contributed by atoms with Gasteiger partial charge in [-0.3, -0.25) is 9.69 Å². The van der Waals surface area contributed by atoms with Gasteiger partial charge in [0.1, 0.15) is 0 Å². The summed E-state index contributed by atoms with van der Waals surface area (Å²) in [5, 5.41) is 9.57. The highest BCUT2D eigenvalue weighted by Crippen LogP contribution is 2.37. The molecule has 3 rings (SSSR count). The quantitative estimate of drug-likeness (QED) is 0.774. The third-order valence-corrected chi connectivity index (χ3v) is 5.10. The molecule has 0 spiro atoms. The van der Waals surface area contributed by atoms with Gasteiger partial charge in [0.25, 0.3) is 5.91 Å². The lowest BCUT2D eigenvalue weighted by Crippen LogP contribution is -2.23. The zero-order valence-corrected chi connectivity index (χ0v) is 16.3. The highest BCUT2D eigenvalue weighted by atomic mass is 32.2. The minimum absolute atomic E-state index is 0.135. The first-order valence-corrected chi connectivity index (χ1v) is 9.07. The number of aliphatic imine (C=N–C) groups is 1. The summed E-state index contributed by atoms with van der Waals surface area (Å²) in [7, 11) is 4.71. The number of amidine groups is 1. The van der Waals surface area contributed by atoms with Crippen molar-refractivity contribution in [3.63, 3.8) is 0 Å². The van der Waals surface area contributed by atoms with Crippen molar-refractivity contribution in [2.75, 3.05) is 21.3 Å². The second kappa shape index (κ2) is 8.18. The fourth-order valence-corrected chi connectivity index (χ4v) is 3.62. The smallest absolute Gasteiger partial charge is 0.335 e. The highest BCUT2D eigenvalue weighted by molar-refractivity contribution is 8.18. The summed E-state index contributed by atoms with van der Waals surface area (Å²) in [6, 6.07) is 11.7. The molecule has 0 atom stereocenters. The summed E-state index contributed by atoms with van der Waals surface area (Å²) in [6.45, 7) is 0. The van der Waals surface area contributed by atoms with Crippen LogP contribution in [0.4, 0.5) is 5.69 Å². The molecule has 1 heterocycles. The van der Waals surface area contributed by atoms with Gasteiger partial charge in [0.05, 0.1) is 30.4 Å². The van der Waals surface area contributed by atoms with Gasteiger partial charge < -0.3 is 14.6 Å². The molecule has 1 fully saturated rings. The number of ether oxygens (including phenoxy) is 2. The monoisotopic (exact) mass is 398 g/mol. The van der Waals surface area contributed by atoms with Crippen molar-refractivity contribution in [2.24, 2.45) is 4.99 Å². The van der Waals surface area contributed by atoms with Crippen LogP contribution in [0, 0.1) is 0 Å². The van der Waals surface area contributed by atoms with E-state index >= 15 is 0 Å². The minimum Gasteiger partial charge on any atom is -0.493 e. The number of thioether (sulfide) groups is 1. The Labute approximate surface area is 166 Å². The number of aromatic carboxylic acids is 1. The number of hydrogen-bond donors (Lipinski definition) is 1. The number of carbonyl (C=O) groups is 2. The zero-order chi connectivity index (χ0) is 20.3. The number of likely N-dealkylation sites (N-methyl/N-ethyl adjacent to an activating group) is 1. The number of carbonyl (C=O) groups excluding carboxylic acids is 1. The Morgan fingerprint density at radius 2 is 1.93 bits per heavy atom. The molecule has 0 aliphatic carbocycles. The average Bonchev–Trinajstić information content (AvgIpc) is 2.95. The van der Waals surface area contributed by atoms with E-state index in [4.69, 9.17) is 14.6 Å². The van der Waals surface area contributed by atoms with Crippen LogP contribution in [0.2, 0.25) is 0 Å². The minimum atomic E-state index is -1.03. The van der Waals surface area contributed by atoms with Crippen LogP contribution in [0.1, 0.15) is 15.9 Å². The number of amides is 1. The Bertz CT molecular complexity index is 1000. The molecule has 144 valence electrons. The van der Waals surface area contributed by atoms with Gasteiger partial charge >= 0.3 is 5.97 Å². The summed E-state index contributed by atoms with van der Waals surface area (Å²) in [5.41, 5.74) is 1.30. The first-order chi connectivity index (χ1) is 13.4. The van der Waals surface area contributed by atoms with Gasteiger partial charge in [-0.15, -0.1) is 0 Å². The predicted molar refractivity (Wildman–Crippen MR) is 108 cm³/mol. The molecular weight excluding hydrogens is 380 g/mol. The SMILES string of the molecule is COc1cccc(/C=C2\SC(=Nc3cccc(C(=O)O)c3)N(C)C2=O)c1OC. The van der Waals surface area contributed by atoms with Crippen molar-refractivity contribution < 1.29 is 24.2 Å². The first kappa shape index (κ1) is 19.5. The lowest BCUT2D eigenvalue weighted by atomic mass is 10.1. The largest absolute Gasteiger partial charge is 0.493 e. The van der Waals surface area contributed by atoms with Crippen molar-refractivity contribution in [3.8, 4) is 11.5 Å². The van der Waals surface area contributed by atoms with Crippen LogP contribution in [-0.2, 0) is 4.79 Å². The third-order valence-electron chi connectivity index (χ3n) is 4.04. The fourth-order valence-electron chi connectivity index (χ4n) is 2.64. The Morgan fingerprint density at radius 3 is 2.61 bits per heavy atom. The highest BCUT2D eigenvalue weighted by Gasteiger charge is 2.30. The van der Waals surface area contributed by atoms with E-state index in [9.17, 15) is 9.59 Å². The molecule has 7 nitrogen and oxygen atoms in total. The molecule has 0 aromatic heterocycles. The fraction of sp³-hybridized carbons (Fsp3) is 0.150. The lowest BCUT2D eigenvalue weighted by Gasteiger charge is -2.10. The summed E-state index contributed by atoms with van der Waals surface area (Å²) in [5.74, 6) is -0.132. The molecule has 0 bridgehead atoms. The van der Waals surface area contributed by atoms with E-state index in [-0.39, 0.29) is 11.5 Å². The van der Waals surface area contributed by atoms with E-state index in [2.05, 4.69) is 4.99 Å². The standard InChI is InChI=1S/C20H18N2O5S/c1-22-18(23)16(11-12-6-5-9-15(26-2)17(12)27-3)28-20(22)21-14-8-4-7-13(10-14)19(24)25/h4-11H,1-3H3,(H,24,25)/b16-11-,21-20?. The van der Waals surface area contributed by atoms with Gasteiger partial charge in [-0.1, -0.05) is 18.2 Å². The normalized spacial score (nSPS) is 16.7. The van der Waals surface area contributed by atoms with Gasteiger partial charge in [-0.25, -0.2) is 9.79 Å². The zero-order valence-electron chi connectivity index (χ0n) is 15.5. The van der Waals surface area contributed by atoms with Crippen LogP contribution in [0.3, 0.4) is 0 Å². The maximum atomic E-state index is 12.6. The molecule has 1 aliphatic rings. The predicted octanol–water partition coefficient (Wildman–Crippen LogP) is 3.64. The molecule has 1 aliphatic heterocycles. The number of methoxy groups -OCH3 is 2. The molecule has 1 saturated heterocycles. The summed E-state index contributed by atoms with van der Waals surface area (Å²) < 4.78 is 10.7. The molecule has 2 aromatic carbocycles. The average molecular weight is 398 g/mol. The number of carboxylic acids is 1. The molecule has 1 amide bonds. The van der Waals surface area contributed by atoms with Gasteiger partial charge in [0, 0.05) is 12.6 Å². The Balaban J connectivity index is 1.95. The van der Waals surface area contributed by atoms with Crippen LogP contribution in [-0.4, -0.2) is 48.3 Å². The van der Waals surface area contributed by atoms with Crippen LogP contribution < -0.4 is 9.47 Å².